The Morgan fingerprint density at radius 2 is 1.91 bits per heavy atom. The number of para-hydroxylation sites is 1. The van der Waals surface area contributed by atoms with E-state index in [1.807, 2.05) is 18.2 Å². The van der Waals surface area contributed by atoms with Crippen LogP contribution in [0, 0.1) is 0 Å². The number of ether oxygens (including phenoxy) is 1. The van der Waals surface area contributed by atoms with Crippen molar-refractivity contribution >= 4 is 17.6 Å². The van der Waals surface area contributed by atoms with E-state index < -0.39 is 35.9 Å². The normalized spacial score (nSPS) is 26.5. The van der Waals surface area contributed by atoms with Crippen molar-refractivity contribution in [2.75, 3.05) is 13.2 Å². The molecule has 1 aromatic carbocycles. The molecule has 3 aliphatic rings. The molecular formula is C24H30N2O6. The van der Waals surface area contributed by atoms with Gasteiger partial charge in [-0.1, -0.05) is 38.0 Å². The Bertz CT molecular complexity index is 923. The predicted molar refractivity (Wildman–Crippen MR) is 116 cm³/mol. The van der Waals surface area contributed by atoms with Gasteiger partial charge in [-0.05, 0) is 25.0 Å². The molecule has 1 saturated carbocycles. The zero-order chi connectivity index (χ0) is 22.8. The second kappa shape index (κ2) is 9.42. The fraction of sp³-hybridized carbons (Fsp3) is 0.542. The van der Waals surface area contributed by atoms with Crippen LogP contribution in [0.3, 0.4) is 0 Å². The van der Waals surface area contributed by atoms with Crippen LogP contribution in [0.5, 0.6) is 5.75 Å². The molecule has 32 heavy (non-hydrogen) atoms. The fourth-order valence-corrected chi connectivity index (χ4v) is 5.18. The van der Waals surface area contributed by atoms with Gasteiger partial charge in [0.1, 0.15) is 18.0 Å². The third kappa shape index (κ3) is 3.93. The number of aliphatic hydroxyl groups excluding tert-OH is 2. The Morgan fingerprint density at radius 1 is 1.19 bits per heavy atom. The molecule has 2 amide bonds. The lowest BCUT2D eigenvalue weighted by molar-refractivity contribution is -0.150. The van der Waals surface area contributed by atoms with Crippen LogP contribution >= 0.6 is 0 Å². The highest BCUT2D eigenvalue weighted by atomic mass is 16.5. The van der Waals surface area contributed by atoms with Crippen LogP contribution in [0.25, 0.3) is 0 Å². The molecule has 0 saturated heterocycles. The van der Waals surface area contributed by atoms with Gasteiger partial charge in [0.05, 0.1) is 18.6 Å². The number of Topliss-reactive ketones (excluding diaryl/α,β-unsaturated/α-hetero) is 1. The average molecular weight is 443 g/mol. The average Bonchev–Trinajstić information content (AvgIpc) is 3.47. The highest BCUT2D eigenvalue weighted by molar-refractivity contribution is 6.36. The van der Waals surface area contributed by atoms with Crippen molar-refractivity contribution < 1.29 is 29.3 Å². The van der Waals surface area contributed by atoms with Crippen LogP contribution in [-0.4, -0.2) is 70.2 Å². The molecule has 3 N–H and O–H groups in total. The highest BCUT2D eigenvalue weighted by Crippen LogP contribution is 2.47. The van der Waals surface area contributed by atoms with Crippen molar-refractivity contribution in [3.63, 3.8) is 0 Å². The molecule has 1 aliphatic heterocycles. The van der Waals surface area contributed by atoms with Crippen LogP contribution in [0.1, 0.15) is 50.5 Å². The summed E-state index contributed by atoms with van der Waals surface area (Å²) in [7, 11) is 0. The number of hydrogen-bond donors (Lipinski definition) is 3. The Hall–Kier alpha value is -2.71. The lowest BCUT2D eigenvalue weighted by atomic mass is 9.77. The minimum absolute atomic E-state index is 0.0758. The summed E-state index contributed by atoms with van der Waals surface area (Å²) in [6, 6.07) is 6.30. The summed E-state index contributed by atoms with van der Waals surface area (Å²) in [6.45, 7) is 1.52. The zero-order valence-electron chi connectivity index (χ0n) is 18.2. The van der Waals surface area contributed by atoms with Gasteiger partial charge in [0, 0.05) is 30.1 Å². The van der Waals surface area contributed by atoms with E-state index in [-0.39, 0.29) is 31.5 Å². The van der Waals surface area contributed by atoms with Gasteiger partial charge in [0.25, 0.3) is 5.91 Å². The molecule has 0 spiro atoms. The highest BCUT2D eigenvalue weighted by Gasteiger charge is 2.51. The van der Waals surface area contributed by atoms with Gasteiger partial charge in [0.2, 0.25) is 11.7 Å². The van der Waals surface area contributed by atoms with Gasteiger partial charge in [-0.15, -0.1) is 0 Å². The number of carbonyl (C=O) groups excluding carboxylic acids is 3. The van der Waals surface area contributed by atoms with Crippen molar-refractivity contribution in [3.05, 3.63) is 41.5 Å². The number of ketones is 1. The summed E-state index contributed by atoms with van der Waals surface area (Å²) in [6.07, 6.45) is 3.23. The number of nitrogens with one attached hydrogen (secondary N) is 1. The molecule has 8 nitrogen and oxygen atoms in total. The predicted octanol–water partition coefficient (Wildman–Crippen LogP) is 1.06. The summed E-state index contributed by atoms with van der Waals surface area (Å²) in [4.78, 5) is 40.1. The molecule has 1 fully saturated rings. The number of carbonyl (C=O) groups is 3. The van der Waals surface area contributed by atoms with Crippen molar-refractivity contribution in [2.45, 2.75) is 69.2 Å². The van der Waals surface area contributed by atoms with Crippen LogP contribution in [0.15, 0.2) is 35.9 Å². The van der Waals surface area contributed by atoms with E-state index in [2.05, 4.69) is 5.32 Å². The smallest absolute Gasteiger partial charge is 0.290 e. The second-order valence-electron chi connectivity index (χ2n) is 8.61. The first-order valence-electron chi connectivity index (χ1n) is 11.4. The van der Waals surface area contributed by atoms with Crippen molar-refractivity contribution in [1.82, 2.24) is 10.2 Å². The minimum atomic E-state index is -1.10. The molecule has 1 aromatic rings. The number of fused-ring (bicyclic) bond motifs is 3. The largest absolute Gasteiger partial charge is 0.486 e. The van der Waals surface area contributed by atoms with E-state index in [9.17, 15) is 19.5 Å². The number of rotatable bonds is 7. The van der Waals surface area contributed by atoms with E-state index in [4.69, 9.17) is 9.84 Å². The molecule has 4 rings (SSSR count). The molecule has 0 aromatic heterocycles. The molecular weight excluding hydrogens is 412 g/mol. The van der Waals surface area contributed by atoms with E-state index in [0.717, 1.165) is 31.2 Å². The van der Waals surface area contributed by atoms with Gasteiger partial charge in [-0.25, -0.2) is 0 Å². The summed E-state index contributed by atoms with van der Waals surface area (Å²) in [5.41, 5.74) is 1.17. The maximum Gasteiger partial charge on any atom is 0.290 e. The second-order valence-corrected chi connectivity index (χ2v) is 8.61. The molecule has 0 bridgehead atoms. The minimum Gasteiger partial charge on any atom is -0.486 e. The first kappa shape index (κ1) is 22.5. The number of amides is 2. The van der Waals surface area contributed by atoms with E-state index in [0.29, 0.717) is 11.3 Å². The van der Waals surface area contributed by atoms with Crippen LogP contribution in [-0.2, 0) is 14.4 Å². The monoisotopic (exact) mass is 442 g/mol. The fourth-order valence-electron chi connectivity index (χ4n) is 5.18. The quantitative estimate of drug-likeness (QED) is 0.544. The molecule has 8 heteroatoms. The summed E-state index contributed by atoms with van der Waals surface area (Å²) in [5, 5.41) is 23.2. The van der Waals surface area contributed by atoms with E-state index in [1.54, 1.807) is 19.1 Å². The topological polar surface area (TPSA) is 116 Å². The molecule has 0 radical (unpaired) electrons. The Kier molecular flexibility index (Phi) is 6.62. The standard InChI is InChI=1S/C24H30N2O6/c1-2-18(28)24(31)26(14-7-3-4-8-14)17-13-16(23(30)25-11-12-27)20-15-9-5-6-10-19(15)32-22(20)21(17)29/h5-6,9-10,13-14,17,20-22,27,29H,2-4,7-8,11-12H2,1H3,(H,25,30). The SMILES string of the molecule is CCC(=O)C(=O)N(C1CCCC1)C1C=C(C(=O)NCCO)C2c3ccccc3OC2C1O. The lowest BCUT2D eigenvalue weighted by Crippen LogP contribution is -2.59. The lowest BCUT2D eigenvalue weighted by Gasteiger charge is -2.43. The van der Waals surface area contributed by atoms with Gasteiger partial charge in [-0.2, -0.15) is 0 Å². The number of aliphatic hydroxyl groups is 2. The van der Waals surface area contributed by atoms with Crippen molar-refractivity contribution in [1.29, 1.82) is 0 Å². The van der Waals surface area contributed by atoms with E-state index >= 15 is 0 Å². The first-order valence-corrected chi connectivity index (χ1v) is 11.4. The maximum absolute atomic E-state index is 13.1. The molecule has 1 heterocycles. The van der Waals surface area contributed by atoms with Crippen LogP contribution in [0.4, 0.5) is 0 Å². The van der Waals surface area contributed by atoms with E-state index in [1.165, 1.54) is 4.90 Å². The number of nitrogens with zero attached hydrogens (tertiary/aromatic N) is 1. The van der Waals surface area contributed by atoms with Crippen molar-refractivity contribution in [3.8, 4) is 5.75 Å². The molecule has 4 unspecified atom stereocenters. The number of hydrogen-bond acceptors (Lipinski definition) is 6. The summed E-state index contributed by atoms with van der Waals surface area (Å²) >= 11 is 0. The molecule has 2 aliphatic carbocycles. The van der Waals surface area contributed by atoms with Gasteiger partial charge < -0.3 is 25.2 Å². The zero-order valence-corrected chi connectivity index (χ0v) is 18.2. The molecule has 4 atom stereocenters. The number of benzene rings is 1. The Morgan fingerprint density at radius 3 is 2.59 bits per heavy atom. The summed E-state index contributed by atoms with van der Waals surface area (Å²) in [5.74, 6) is -1.43. The Balaban J connectivity index is 1.77. The van der Waals surface area contributed by atoms with Crippen molar-refractivity contribution in [2.24, 2.45) is 0 Å². The van der Waals surface area contributed by atoms with Gasteiger partial charge in [0.15, 0.2) is 0 Å². The van der Waals surface area contributed by atoms with Crippen LogP contribution in [0.2, 0.25) is 0 Å². The summed E-state index contributed by atoms with van der Waals surface area (Å²) < 4.78 is 6.07. The third-order valence-electron chi connectivity index (χ3n) is 6.71. The molecule has 172 valence electrons. The van der Waals surface area contributed by atoms with Gasteiger partial charge >= 0.3 is 0 Å². The van der Waals surface area contributed by atoms with Crippen LogP contribution < -0.4 is 10.1 Å². The van der Waals surface area contributed by atoms with Gasteiger partial charge in [-0.3, -0.25) is 14.4 Å². The first-order chi connectivity index (χ1) is 15.5. The Labute approximate surface area is 187 Å². The maximum atomic E-state index is 13.1. The third-order valence-corrected chi connectivity index (χ3v) is 6.71.